The molecule has 5 aromatic rings. The molecule has 0 radical (unpaired) electrons. The van der Waals surface area contributed by atoms with Crippen LogP contribution in [-0.2, 0) is 0 Å². The maximum Gasteiger partial charge on any atom is 0.282 e. The molecule has 3 aromatic carbocycles. The average Bonchev–Trinajstić information content (AvgIpc) is 3.26. The molecule has 0 atom stereocenters. The molecule has 8 heteroatoms. The van der Waals surface area contributed by atoms with E-state index in [1.807, 2.05) is 30.3 Å². The van der Waals surface area contributed by atoms with E-state index >= 15 is 0 Å². The second-order valence-corrected chi connectivity index (χ2v) is 8.61. The van der Waals surface area contributed by atoms with Gasteiger partial charge in [0, 0.05) is 9.86 Å². The molecule has 2 aromatic heterocycles. The molecule has 0 spiro atoms. The van der Waals surface area contributed by atoms with Crippen LogP contribution in [0.25, 0.3) is 33.5 Å². The summed E-state index contributed by atoms with van der Waals surface area (Å²) in [7, 11) is 0. The highest BCUT2D eigenvalue weighted by atomic mass is 79.9. The first-order valence-electron chi connectivity index (χ1n) is 10.1. The van der Waals surface area contributed by atoms with Crippen molar-refractivity contribution in [2.45, 2.75) is 0 Å². The zero-order valence-corrected chi connectivity index (χ0v) is 19.9. The summed E-state index contributed by atoms with van der Waals surface area (Å²) in [5, 5.41) is 6.13. The molecule has 0 bridgehead atoms. The molecule has 0 amide bonds. The average molecular weight is 533 g/mol. The van der Waals surface area contributed by atoms with Crippen LogP contribution < -0.4 is 10.3 Å². The van der Waals surface area contributed by atoms with Crippen molar-refractivity contribution in [1.29, 1.82) is 0 Å². The van der Waals surface area contributed by atoms with E-state index in [-0.39, 0.29) is 18.0 Å². The molecular weight excluding hydrogens is 518 g/mol. The van der Waals surface area contributed by atoms with Crippen molar-refractivity contribution in [2.75, 3.05) is 6.61 Å². The molecule has 0 N–H and O–H groups in total. The second kappa shape index (κ2) is 9.18. The van der Waals surface area contributed by atoms with Gasteiger partial charge in [0.1, 0.15) is 17.9 Å². The quantitative estimate of drug-likeness (QED) is 0.202. The number of fused-ring (bicyclic) bond motifs is 2. The van der Waals surface area contributed by atoms with Gasteiger partial charge in [-0.1, -0.05) is 45.6 Å². The third-order valence-corrected chi connectivity index (χ3v) is 5.83. The summed E-state index contributed by atoms with van der Waals surface area (Å²) >= 11 is 9.75. The summed E-state index contributed by atoms with van der Waals surface area (Å²) in [4.78, 5) is 18.0. The predicted molar refractivity (Wildman–Crippen MR) is 138 cm³/mol. The van der Waals surface area contributed by atoms with Gasteiger partial charge in [-0.05, 0) is 60.2 Å². The third kappa shape index (κ3) is 4.21. The molecule has 2 heterocycles. The minimum atomic E-state index is -0.321. The maximum atomic E-state index is 13.3. The predicted octanol–water partition coefficient (Wildman–Crippen LogP) is 6.12. The normalized spacial score (nSPS) is 11.3. The largest absolute Gasteiger partial charge is 0.479 e. The molecule has 0 aliphatic heterocycles. The minimum absolute atomic E-state index is 0.114. The smallest absolute Gasteiger partial charge is 0.282 e. The first-order valence-corrected chi connectivity index (χ1v) is 11.3. The summed E-state index contributed by atoms with van der Waals surface area (Å²) in [6, 6.07) is 19.7. The lowest BCUT2D eigenvalue weighted by molar-refractivity contribution is 0.370. The Balaban J connectivity index is 1.64. The molecule has 0 aliphatic carbocycles. The van der Waals surface area contributed by atoms with Crippen molar-refractivity contribution in [3.63, 3.8) is 0 Å². The number of halogens is 2. The van der Waals surface area contributed by atoms with Gasteiger partial charge in [-0.2, -0.15) is 9.78 Å². The first-order chi connectivity index (χ1) is 16.5. The summed E-state index contributed by atoms with van der Waals surface area (Å²) < 4.78 is 13.5. The lowest BCUT2D eigenvalue weighted by atomic mass is 10.2. The van der Waals surface area contributed by atoms with Gasteiger partial charge in [0.2, 0.25) is 5.82 Å². The van der Waals surface area contributed by atoms with Crippen LogP contribution in [0.4, 0.5) is 0 Å². The lowest BCUT2D eigenvalue weighted by Crippen LogP contribution is -2.20. The molecule has 0 fully saturated rings. The number of aromatic nitrogens is 2. The molecule has 0 aliphatic rings. The number of nitrogens with zero attached hydrogens (tertiary/aromatic N) is 3. The van der Waals surface area contributed by atoms with E-state index in [4.69, 9.17) is 27.2 Å². The third-order valence-electron chi connectivity index (χ3n) is 5.04. The Bertz CT molecular complexity index is 1680. The number of ether oxygens (including phenoxy) is 1. The van der Waals surface area contributed by atoms with Gasteiger partial charge < -0.3 is 9.15 Å². The first kappa shape index (κ1) is 22.0. The zero-order valence-electron chi connectivity index (χ0n) is 17.5. The van der Waals surface area contributed by atoms with E-state index in [9.17, 15) is 4.79 Å². The van der Waals surface area contributed by atoms with Gasteiger partial charge in [-0.3, -0.25) is 4.79 Å². The van der Waals surface area contributed by atoms with Crippen LogP contribution in [0.3, 0.4) is 0 Å². The highest BCUT2D eigenvalue weighted by Crippen LogP contribution is 2.29. The van der Waals surface area contributed by atoms with Crippen molar-refractivity contribution in [2.24, 2.45) is 5.10 Å². The van der Waals surface area contributed by atoms with E-state index < -0.39 is 0 Å². The Labute approximate surface area is 207 Å². The van der Waals surface area contributed by atoms with Crippen molar-refractivity contribution in [3.8, 4) is 29.7 Å². The van der Waals surface area contributed by atoms with Crippen molar-refractivity contribution in [1.82, 2.24) is 9.66 Å². The Morgan fingerprint density at radius 3 is 2.85 bits per heavy atom. The lowest BCUT2D eigenvalue weighted by Gasteiger charge is -2.08. The number of furan rings is 1. The van der Waals surface area contributed by atoms with Crippen molar-refractivity contribution in [3.05, 3.63) is 92.1 Å². The van der Waals surface area contributed by atoms with Crippen LogP contribution in [0.15, 0.2) is 85.5 Å². The van der Waals surface area contributed by atoms with Crippen LogP contribution in [-0.4, -0.2) is 22.5 Å². The van der Waals surface area contributed by atoms with Gasteiger partial charge in [0.15, 0.2) is 5.76 Å². The van der Waals surface area contributed by atoms with Gasteiger partial charge in [0.25, 0.3) is 5.56 Å². The van der Waals surface area contributed by atoms with E-state index in [2.05, 4.69) is 31.9 Å². The molecule has 166 valence electrons. The van der Waals surface area contributed by atoms with Gasteiger partial charge in [0.05, 0.1) is 22.1 Å². The fourth-order valence-electron chi connectivity index (χ4n) is 3.47. The monoisotopic (exact) mass is 531 g/mol. The van der Waals surface area contributed by atoms with Gasteiger partial charge in [-0.15, -0.1) is 6.42 Å². The number of rotatable bonds is 5. The maximum absolute atomic E-state index is 13.3. The Morgan fingerprint density at radius 1 is 1.18 bits per heavy atom. The Morgan fingerprint density at radius 2 is 2.03 bits per heavy atom. The zero-order chi connectivity index (χ0) is 23.7. The Kier molecular flexibility index (Phi) is 5.93. The van der Waals surface area contributed by atoms with E-state index in [1.165, 1.54) is 10.9 Å². The second-order valence-electron chi connectivity index (χ2n) is 7.29. The molecule has 5 rings (SSSR count). The van der Waals surface area contributed by atoms with Crippen LogP contribution in [0.2, 0.25) is 5.02 Å². The number of hydrogen-bond acceptors (Lipinski definition) is 5. The van der Waals surface area contributed by atoms with E-state index in [0.717, 1.165) is 9.86 Å². The van der Waals surface area contributed by atoms with Crippen molar-refractivity contribution >= 4 is 55.6 Å². The van der Waals surface area contributed by atoms with Crippen LogP contribution in [0, 0.1) is 12.3 Å². The molecule has 0 unspecified atom stereocenters. The highest BCUT2D eigenvalue weighted by Gasteiger charge is 2.16. The van der Waals surface area contributed by atoms with Gasteiger partial charge >= 0.3 is 0 Å². The number of para-hydroxylation sites is 1. The number of hydrogen-bond donors (Lipinski definition) is 0. The highest BCUT2D eigenvalue weighted by molar-refractivity contribution is 9.10. The van der Waals surface area contributed by atoms with Crippen LogP contribution in [0.1, 0.15) is 5.56 Å². The molecule has 6 nitrogen and oxygen atoms in total. The molecule has 0 saturated heterocycles. The SMILES string of the molecule is C#CCOc1ccc(C=Nn2c(-c3cc4cc(Br)ccc4o3)nc3ccccc3c2=O)cc1Cl. The molecule has 0 saturated carbocycles. The van der Waals surface area contributed by atoms with Crippen LogP contribution in [0.5, 0.6) is 5.75 Å². The summed E-state index contributed by atoms with van der Waals surface area (Å²) in [6.45, 7) is 0.114. The summed E-state index contributed by atoms with van der Waals surface area (Å²) in [5.41, 5.74) is 1.57. The fraction of sp³-hybridized carbons (Fsp3) is 0.0385. The standard InChI is InChI=1S/C26H15BrClN3O3/c1-2-11-33-23-9-7-16(12-20(23)28)15-29-31-25(30-21-6-4-3-5-19(21)26(31)32)24-14-17-13-18(27)8-10-22(17)34-24/h1,3-10,12-15H,11H2. The fourth-order valence-corrected chi connectivity index (χ4v) is 4.10. The molecular formula is C26H15BrClN3O3. The van der Waals surface area contributed by atoms with E-state index in [0.29, 0.717) is 38.6 Å². The van der Waals surface area contributed by atoms with E-state index in [1.54, 1.807) is 36.4 Å². The number of benzene rings is 3. The minimum Gasteiger partial charge on any atom is -0.479 e. The Hall–Kier alpha value is -3.86. The molecule has 34 heavy (non-hydrogen) atoms. The topological polar surface area (TPSA) is 69.6 Å². The summed E-state index contributed by atoms with van der Waals surface area (Å²) in [6.07, 6.45) is 6.75. The van der Waals surface area contributed by atoms with Crippen molar-refractivity contribution < 1.29 is 9.15 Å². The number of terminal acetylenes is 1. The van der Waals surface area contributed by atoms with Crippen LogP contribution >= 0.6 is 27.5 Å². The van der Waals surface area contributed by atoms with Gasteiger partial charge in [-0.25, -0.2) is 4.98 Å². The summed E-state index contributed by atoms with van der Waals surface area (Å²) in [5.74, 6) is 3.57.